The summed E-state index contributed by atoms with van der Waals surface area (Å²) in [7, 11) is 0. The fourth-order valence-electron chi connectivity index (χ4n) is 1.93. The van der Waals surface area contributed by atoms with Crippen LogP contribution >= 0.6 is 0 Å². The van der Waals surface area contributed by atoms with E-state index in [-0.39, 0.29) is 5.92 Å². The van der Waals surface area contributed by atoms with Gasteiger partial charge in [0.05, 0.1) is 0 Å². The summed E-state index contributed by atoms with van der Waals surface area (Å²) in [6.07, 6.45) is 2.33. The quantitative estimate of drug-likeness (QED) is 0.588. The molecule has 0 aromatic carbocycles. The summed E-state index contributed by atoms with van der Waals surface area (Å²) < 4.78 is 0. The zero-order chi connectivity index (χ0) is 9.30. The molecule has 2 atom stereocenters. The van der Waals surface area contributed by atoms with Gasteiger partial charge in [-0.1, -0.05) is 13.8 Å². The Morgan fingerprint density at radius 3 is 2.00 bits per heavy atom. The van der Waals surface area contributed by atoms with Gasteiger partial charge in [0.2, 0.25) is 5.91 Å². The van der Waals surface area contributed by atoms with Crippen molar-refractivity contribution in [3.05, 3.63) is 0 Å². The van der Waals surface area contributed by atoms with Gasteiger partial charge >= 0.3 is 0 Å². The fraction of sp³-hybridized carbons (Fsp3) is 0.900. The molecular formula is C10H19NO. The van der Waals surface area contributed by atoms with E-state index in [1.165, 1.54) is 12.8 Å². The maximum absolute atomic E-state index is 11.7. The summed E-state index contributed by atoms with van der Waals surface area (Å²) in [4.78, 5) is 13.7. The van der Waals surface area contributed by atoms with Crippen LogP contribution in [0.25, 0.3) is 0 Å². The van der Waals surface area contributed by atoms with Crippen LogP contribution < -0.4 is 0 Å². The number of hydrogen-bond acceptors (Lipinski definition) is 1. The highest BCUT2D eigenvalue weighted by molar-refractivity contribution is 5.79. The number of rotatable bonds is 1. The summed E-state index contributed by atoms with van der Waals surface area (Å²) >= 11 is 0. The van der Waals surface area contributed by atoms with Gasteiger partial charge in [0.15, 0.2) is 0 Å². The van der Waals surface area contributed by atoms with E-state index < -0.39 is 0 Å². The van der Waals surface area contributed by atoms with Crippen LogP contribution in [0.1, 0.15) is 40.5 Å². The number of amides is 1. The van der Waals surface area contributed by atoms with Crippen molar-refractivity contribution in [2.75, 3.05) is 0 Å². The molecule has 1 saturated heterocycles. The van der Waals surface area contributed by atoms with E-state index in [0.717, 1.165) is 0 Å². The first kappa shape index (κ1) is 9.56. The highest BCUT2D eigenvalue weighted by Gasteiger charge is 2.32. The summed E-state index contributed by atoms with van der Waals surface area (Å²) in [6.45, 7) is 8.23. The number of hydrogen-bond donors (Lipinski definition) is 0. The molecule has 70 valence electrons. The molecule has 0 saturated carbocycles. The summed E-state index contributed by atoms with van der Waals surface area (Å²) in [5, 5.41) is 0. The molecule has 1 aliphatic rings. The van der Waals surface area contributed by atoms with Crippen molar-refractivity contribution in [1.82, 2.24) is 4.90 Å². The van der Waals surface area contributed by atoms with Crippen molar-refractivity contribution < 1.29 is 4.79 Å². The van der Waals surface area contributed by atoms with Gasteiger partial charge in [0.25, 0.3) is 0 Å². The minimum Gasteiger partial charge on any atom is -0.337 e. The predicted octanol–water partition coefficient (Wildman–Crippen LogP) is 2.04. The maximum atomic E-state index is 11.7. The highest BCUT2D eigenvalue weighted by atomic mass is 16.2. The van der Waals surface area contributed by atoms with Crippen LogP contribution in [-0.4, -0.2) is 22.9 Å². The number of carbonyl (C=O) groups excluding carboxylic acids is 1. The molecule has 12 heavy (non-hydrogen) atoms. The molecule has 2 unspecified atom stereocenters. The van der Waals surface area contributed by atoms with Crippen molar-refractivity contribution in [2.45, 2.75) is 52.6 Å². The van der Waals surface area contributed by atoms with E-state index in [4.69, 9.17) is 0 Å². The first-order valence-electron chi connectivity index (χ1n) is 4.86. The molecular weight excluding hydrogens is 150 g/mol. The Bertz CT molecular complexity index is 167. The monoisotopic (exact) mass is 169 g/mol. The third kappa shape index (κ3) is 1.62. The standard InChI is InChI=1S/C10H19NO/c1-7(2)10(12)11-8(3)5-6-9(11)4/h7-9H,5-6H2,1-4H3. The smallest absolute Gasteiger partial charge is 0.225 e. The lowest BCUT2D eigenvalue weighted by molar-refractivity contribution is -0.136. The molecule has 0 aromatic rings. The summed E-state index contributed by atoms with van der Waals surface area (Å²) in [5.41, 5.74) is 0. The summed E-state index contributed by atoms with van der Waals surface area (Å²) in [6, 6.07) is 0.907. The Labute approximate surface area is 74.9 Å². The van der Waals surface area contributed by atoms with Gasteiger partial charge in [0.1, 0.15) is 0 Å². The Morgan fingerprint density at radius 2 is 1.67 bits per heavy atom. The zero-order valence-electron chi connectivity index (χ0n) is 8.50. The van der Waals surface area contributed by atoms with Crippen molar-refractivity contribution in [1.29, 1.82) is 0 Å². The van der Waals surface area contributed by atoms with Crippen molar-refractivity contribution in [3.8, 4) is 0 Å². The molecule has 2 heteroatoms. The van der Waals surface area contributed by atoms with E-state index in [9.17, 15) is 4.79 Å². The van der Waals surface area contributed by atoms with Crippen LogP contribution in [-0.2, 0) is 4.79 Å². The molecule has 0 N–H and O–H groups in total. The van der Waals surface area contributed by atoms with Gasteiger partial charge in [-0.2, -0.15) is 0 Å². The molecule has 1 fully saturated rings. The molecule has 2 nitrogen and oxygen atoms in total. The molecule has 1 rings (SSSR count). The average Bonchev–Trinajstić information content (AvgIpc) is 2.30. The maximum Gasteiger partial charge on any atom is 0.225 e. The predicted molar refractivity (Wildman–Crippen MR) is 49.8 cm³/mol. The van der Waals surface area contributed by atoms with Gasteiger partial charge in [-0.25, -0.2) is 0 Å². The molecule has 1 aliphatic heterocycles. The van der Waals surface area contributed by atoms with Crippen LogP contribution in [0.15, 0.2) is 0 Å². The van der Waals surface area contributed by atoms with Crippen LogP contribution in [0.5, 0.6) is 0 Å². The van der Waals surface area contributed by atoms with Gasteiger partial charge in [-0.3, -0.25) is 4.79 Å². The van der Waals surface area contributed by atoms with Crippen LogP contribution in [0.4, 0.5) is 0 Å². The third-order valence-electron chi connectivity index (χ3n) is 2.70. The van der Waals surface area contributed by atoms with Crippen LogP contribution in [0.3, 0.4) is 0 Å². The van der Waals surface area contributed by atoms with Gasteiger partial charge in [-0.05, 0) is 26.7 Å². The highest BCUT2D eigenvalue weighted by Crippen LogP contribution is 2.24. The minimum atomic E-state index is 0.146. The topological polar surface area (TPSA) is 20.3 Å². The molecule has 1 heterocycles. The third-order valence-corrected chi connectivity index (χ3v) is 2.70. The number of carbonyl (C=O) groups is 1. The lowest BCUT2D eigenvalue weighted by Crippen LogP contribution is -2.40. The van der Waals surface area contributed by atoms with Gasteiger partial charge in [-0.15, -0.1) is 0 Å². The Kier molecular flexibility index (Phi) is 2.76. The molecule has 1 amide bonds. The van der Waals surface area contributed by atoms with Crippen LogP contribution in [0.2, 0.25) is 0 Å². The van der Waals surface area contributed by atoms with E-state index in [1.807, 2.05) is 18.7 Å². The summed E-state index contributed by atoms with van der Waals surface area (Å²) in [5.74, 6) is 0.459. The second-order valence-corrected chi connectivity index (χ2v) is 4.18. The average molecular weight is 169 g/mol. The molecule has 0 spiro atoms. The van der Waals surface area contributed by atoms with Crippen molar-refractivity contribution in [3.63, 3.8) is 0 Å². The van der Waals surface area contributed by atoms with Gasteiger partial charge < -0.3 is 4.90 Å². The molecule has 0 aliphatic carbocycles. The second kappa shape index (κ2) is 3.46. The van der Waals surface area contributed by atoms with E-state index in [2.05, 4.69) is 13.8 Å². The van der Waals surface area contributed by atoms with E-state index >= 15 is 0 Å². The first-order chi connectivity index (χ1) is 5.54. The van der Waals surface area contributed by atoms with Crippen molar-refractivity contribution >= 4 is 5.91 Å². The fourth-order valence-corrected chi connectivity index (χ4v) is 1.93. The Balaban J connectivity index is 2.66. The first-order valence-corrected chi connectivity index (χ1v) is 4.86. The molecule has 0 aromatic heterocycles. The second-order valence-electron chi connectivity index (χ2n) is 4.18. The lowest BCUT2D eigenvalue weighted by atomic mass is 10.1. The molecule has 0 bridgehead atoms. The number of nitrogens with zero attached hydrogens (tertiary/aromatic N) is 1. The number of likely N-dealkylation sites (tertiary alicyclic amines) is 1. The van der Waals surface area contributed by atoms with Crippen molar-refractivity contribution in [2.24, 2.45) is 5.92 Å². The van der Waals surface area contributed by atoms with Gasteiger partial charge in [0, 0.05) is 18.0 Å². The molecule has 0 radical (unpaired) electrons. The minimum absolute atomic E-state index is 0.146. The van der Waals surface area contributed by atoms with Crippen LogP contribution in [0, 0.1) is 5.92 Å². The Hall–Kier alpha value is -0.530. The Morgan fingerprint density at radius 1 is 1.25 bits per heavy atom. The largest absolute Gasteiger partial charge is 0.337 e. The SMILES string of the molecule is CC(C)C(=O)N1C(C)CCC1C. The van der Waals surface area contributed by atoms with E-state index in [1.54, 1.807) is 0 Å². The lowest BCUT2D eigenvalue weighted by Gasteiger charge is -2.28. The normalized spacial score (nSPS) is 29.9. The zero-order valence-corrected chi connectivity index (χ0v) is 8.50. The van der Waals surface area contributed by atoms with E-state index in [0.29, 0.717) is 18.0 Å².